The first-order valence-electron chi connectivity index (χ1n) is 8.25. The average molecular weight is 335 g/mol. The van der Waals surface area contributed by atoms with E-state index < -0.39 is 0 Å². The van der Waals surface area contributed by atoms with Gasteiger partial charge in [0.15, 0.2) is 0 Å². The molecule has 26 heavy (non-hydrogen) atoms. The van der Waals surface area contributed by atoms with Gasteiger partial charge in [-0.05, 0) is 29.0 Å². The van der Waals surface area contributed by atoms with Crippen molar-refractivity contribution in [1.29, 1.82) is 0 Å². The lowest BCUT2D eigenvalue weighted by molar-refractivity contribution is 1.17. The van der Waals surface area contributed by atoms with E-state index >= 15 is 0 Å². The van der Waals surface area contributed by atoms with Crippen molar-refractivity contribution >= 4 is 21.7 Å². The predicted molar refractivity (Wildman–Crippen MR) is 101 cm³/mol. The smallest absolute Gasteiger partial charge is 0.116 e. The fourth-order valence-electron chi connectivity index (χ4n) is 3.41. The number of nitrogens with zero attached hydrogens (tertiary/aromatic N) is 5. The van der Waals surface area contributed by atoms with Crippen molar-refractivity contribution in [3.63, 3.8) is 0 Å². The summed E-state index contributed by atoms with van der Waals surface area (Å²) in [4.78, 5) is 21.8. The van der Waals surface area contributed by atoms with E-state index in [2.05, 4.69) is 38.1 Å². The highest BCUT2D eigenvalue weighted by atomic mass is 14.8. The van der Waals surface area contributed by atoms with Crippen LogP contribution in [0.1, 0.15) is 0 Å². The Morgan fingerprint density at radius 2 is 1.12 bits per heavy atom. The van der Waals surface area contributed by atoms with Gasteiger partial charge in [-0.3, -0.25) is 4.98 Å². The van der Waals surface area contributed by atoms with Gasteiger partial charge in [0.05, 0.1) is 16.9 Å². The van der Waals surface area contributed by atoms with Crippen LogP contribution in [-0.2, 0) is 0 Å². The molecule has 0 aliphatic heterocycles. The summed E-state index contributed by atoms with van der Waals surface area (Å²) in [5.41, 5.74) is 4.70. The average Bonchev–Trinajstić information content (AvgIpc) is 2.73. The molecular weight excluding hydrogens is 322 g/mol. The Labute approximate surface area is 149 Å². The minimum Gasteiger partial charge on any atom is -0.256 e. The van der Waals surface area contributed by atoms with E-state index in [0.717, 1.165) is 44.2 Å². The third kappa shape index (κ3) is 2.22. The maximum absolute atomic E-state index is 4.69. The molecule has 122 valence electrons. The minimum absolute atomic E-state index is 0.856. The number of hydrogen-bond acceptors (Lipinski definition) is 5. The van der Waals surface area contributed by atoms with Gasteiger partial charge in [-0.15, -0.1) is 0 Å². The Kier molecular flexibility index (Phi) is 3.35. The van der Waals surface area contributed by atoms with Gasteiger partial charge in [-0.1, -0.05) is 30.3 Å². The fourth-order valence-corrected chi connectivity index (χ4v) is 3.41. The highest BCUT2D eigenvalue weighted by molar-refractivity contribution is 6.19. The maximum Gasteiger partial charge on any atom is 0.116 e. The van der Waals surface area contributed by atoms with E-state index in [9.17, 15) is 0 Å². The maximum atomic E-state index is 4.69. The summed E-state index contributed by atoms with van der Waals surface area (Å²) in [5.74, 6) is 0. The van der Waals surface area contributed by atoms with Crippen LogP contribution in [0.3, 0.4) is 0 Å². The SMILES string of the molecule is c1ccc2c(-c3ccncn3)c3ncccc3c(-c3ccncn3)c2c1. The lowest BCUT2D eigenvalue weighted by atomic mass is 9.91. The molecule has 0 aliphatic rings. The van der Waals surface area contributed by atoms with Crippen LogP contribution in [0.4, 0.5) is 0 Å². The highest BCUT2D eigenvalue weighted by Crippen LogP contribution is 2.41. The summed E-state index contributed by atoms with van der Waals surface area (Å²) in [6.45, 7) is 0. The molecule has 0 saturated carbocycles. The summed E-state index contributed by atoms with van der Waals surface area (Å²) >= 11 is 0. The predicted octanol–water partition coefficient (Wildman–Crippen LogP) is 4.30. The zero-order chi connectivity index (χ0) is 17.3. The molecular formula is C21H13N5. The normalized spacial score (nSPS) is 11.1. The van der Waals surface area contributed by atoms with Crippen LogP contribution in [0, 0.1) is 0 Å². The van der Waals surface area contributed by atoms with Crippen LogP contribution < -0.4 is 0 Å². The van der Waals surface area contributed by atoms with Gasteiger partial charge in [0.2, 0.25) is 0 Å². The van der Waals surface area contributed by atoms with E-state index in [1.54, 1.807) is 25.0 Å². The van der Waals surface area contributed by atoms with Gasteiger partial charge in [0.1, 0.15) is 12.7 Å². The van der Waals surface area contributed by atoms with Gasteiger partial charge < -0.3 is 0 Å². The van der Waals surface area contributed by atoms with Crippen LogP contribution in [0.5, 0.6) is 0 Å². The van der Waals surface area contributed by atoms with Crippen molar-refractivity contribution in [2.75, 3.05) is 0 Å². The van der Waals surface area contributed by atoms with Crippen molar-refractivity contribution in [3.8, 4) is 22.5 Å². The van der Waals surface area contributed by atoms with Crippen LogP contribution in [0.15, 0.2) is 79.8 Å². The van der Waals surface area contributed by atoms with Gasteiger partial charge in [0.25, 0.3) is 0 Å². The third-order valence-corrected chi connectivity index (χ3v) is 4.46. The quantitative estimate of drug-likeness (QED) is 0.450. The molecule has 5 rings (SSSR count). The van der Waals surface area contributed by atoms with E-state index in [4.69, 9.17) is 4.98 Å². The molecule has 5 heteroatoms. The molecule has 0 spiro atoms. The lowest BCUT2D eigenvalue weighted by Gasteiger charge is -2.15. The monoisotopic (exact) mass is 335 g/mol. The first-order valence-corrected chi connectivity index (χ1v) is 8.25. The van der Waals surface area contributed by atoms with Crippen molar-refractivity contribution < 1.29 is 0 Å². The second-order valence-corrected chi connectivity index (χ2v) is 5.88. The van der Waals surface area contributed by atoms with Crippen LogP contribution in [0.25, 0.3) is 44.2 Å². The first kappa shape index (κ1) is 14.6. The summed E-state index contributed by atoms with van der Waals surface area (Å²) in [7, 11) is 0. The van der Waals surface area contributed by atoms with Crippen LogP contribution >= 0.6 is 0 Å². The van der Waals surface area contributed by atoms with Crippen molar-refractivity contribution in [2.24, 2.45) is 0 Å². The molecule has 5 aromatic rings. The van der Waals surface area contributed by atoms with Gasteiger partial charge in [-0.25, -0.2) is 19.9 Å². The topological polar surface area (TPSA) is 64.5 Å². The van der Waals surface area contributed by atoms with E-state index in [-0.39, 0.29) is 0 Å². The van der Waals surface area contributed by atoms with Crippen LogP contribution in [0.2, 0.25) is 0 Å². The number of pyridine rings is 1. The molecule has 0 saturated heterocycles. The van der Waals surface area contributed by atoms with E-state index in [1.165, 1.54) is 0 Å². The summed E-state index contributed by atoms with van der Waals surface area (Å²) < 4.78 is 0. The Bertz CT molecular complexity index is 1070. The molecule has 5 nitrogen and oxygen atoms in total. The Balaban J connectivity index is 2.02. The number of benzene rings is 2. The molecule has 0 amide bonds. The Hall–Kier alpha value is -3.73. The van der Waals surface area contributed by atoms with Crippen molar-refractivity contribution in [2.45, 2.75) is 0 Å². The van der Waals surface area contributed by atoms with Crippen molar-refractivity contribution in [1.82, 2.24) is 24.9 Å². The minimum atomic E-state index is 0.856. The molecule has 0 fully saturated rings. The zero-order valence-corrected chi connectivity index (χ0v) is 13.7. The second-order valence-electron chi connectivity index (χ2n) is 5.88. The standard InChI is InChI=1S/C21H13N5/c1-2-5-15-14(4-1)19(17-7-10-22-12-25-17)16-6-3-9-24-21(16)20(15)18-8-11-23-13-26-18/h1-13H. The number of aromatic nitrogens is 5. The largest absolute Gasteiger partial charge is 0.256 e. The number of fused-ring (bicyclic) bond motifs is 2. The first-order chi connectivity index (χ1) is 12.9. The summed E-state index contributed by atoms with van der Waals surface area (Å²) in [5, 5.41) is 3.24. The van der Waals surface area contributed by atoms with E-state index in [1.807, 2.05) is 36.5 Å². The summed E-state index contributed by atoms with van der Waals surface area (Å²) in [6.07, 6.45) is 8.47. The zero-order valence-electron chi connectivity index (χ0n) is 13.7. The fraction of sp³-hybridized carbons (Fsp3) is 0. The van der Waals surface area contributed by atoms with Gasteiger partial charge >= 0.3 is 0 Å². The Morgan fingerprint density at radius 3 is 1.77 bits per heavy atom. The summed E-state index contributed by atoms with van der Waals surface area (Å²) in [6, 6.07) is 16.2. The number of rotatable bonds is 2. The molecule has 0 aliphatic carbocycles. The molecule has 0 atom stereocenters. The lowest BCUT2D eigenvalue weighted by Crippen LogP contribution is -1.95. The third-order valence-electron chi connectivity index (χ3n) is 4.46. The van der Waals surface area contributed by atoms with Crippen molar-refractivity contribution in [3.05, 3.63) is 79.8 Å². The van der Waals surface area contributed by atoms with Crippen LogP contribution in [-0.4, -0.2) is 24.9 Å². The molecule has 0 N–H and O–H groups in total. The second kappa shape index (κ2) is 5.97. The van der Waals surface area contributed by atoms with E-state index in [0.29, 0.717) is 0 Å². The molecule has 3 heterocycles. The molecule has 2 aromatic carbocycles. The molecule has 3 aromatic heterocycles. The Morgan fingerprint density at radius 1 is 0.500 bits per heavy atom. The molecule has 0 radical (unpaired) electrons. The highest BCUT2D eigenvalue weighted by Gasteiger charge is 2.18. The molecule has 0 bridgehead atoms. The van der Waals surface area contributed by atoms with Gasteiger partial charge in [-0.2, -0.15) is 0 Å². The van der Waals surface area contributed by atoms with Gasteiger partial charge in [0, 0.05) is 35.1 Å². The number of hydrogen-bond donors (Lipinski definition) is 0. The molecule has 0 unspecified atom stereocenters.